The molecule has 0 bridgehead atoms. The number of carboxylic acids is 1. The van der Waals surface area contributed by atoms with Gasteiger partial charge in [-0.1, -0.05) is 11.6 Å². The van der Waals surface area contributed by atoms with Gasteiger partial charge in [0.1, 0.15) is 10.8 Å². The van der Waals surface area contributed by atoms with Crippen LogP contribution >= 0.6 is 11.6 Å². The minimum Gasteiger partial charge on any atom is -0.481 e. The van der Waals surface area contributed by atoms with E-state index in [1.165, 1.54) is 13.8 Å². The predicted molar refractivity (Wildman–Crippen MR) is 56.4 cm³/mol. The molecule has 0 atom stereocenters. The van der Waals surface area contributed by atoms with Gasteiger partial charge in [-0.3, -0.25) is 4.79 Å². The highest BCUT2D eigenvalue weighted by Crippen LogP contribution is 2.29. The van der Waals surface area contributed by atoms with E-state index in [0.29, 0.717) is 6.07 Å². The normalized spacial score (nSPS) is 11.6. The second-order valence-corrected chi connectivity index (χ2v) is 4.70. The van der Waals surface area contributed by atoms with E-state index in [9.17, 15) is 18.0 Å². The average Bonchev–Trinajstić information content (AvgIpc) is 2.22. The second kappa shape index (κ2) is 4.56. The third-order valence-electron chi connectivity index (χ3n) is 2.39. The molecule has 0 fully saturated rings. The fourth-order valence-electron chi connectivity index (χ4n) is 1.30. The third-order valence-corrected chi connectivity index (χ3v) is 2.74. The Labute approximate surface area is 101 Å². The highest BCUT2D eigenvalue weighted by Gasteiger charge is 2.30. The smallest absolute Gasteiger partial charge is 0.309 e. The first-order valence-electron chi connectivity index (χ1n) is 4.72. The van der Waals surface area contributed by atoms with Crippen LogP contribution in [-0.2, 0) is 11.2 Å². The number of aliphatic carboxylic acids is 1. The van der Waals surface area contributed by atoms with E-state index in [-0.39, 0.29) is 12.0 Å². The Morgan fingerprint density at radius 1 is 1.35 bits per heavy atom. The zero-order valence-electron chi connectivity index (χ0n) is 9.15. The fraction of sp³-hybridized carbons (Fsp3) is 0.364. The van der Waals surface area contributed by atoms with Gasteiger partial charge in [0.25, 0.3) is 0 Å². The SMILES string of the molecule is CC(C)(Cc1cc(F)c(Cl)c(F)c1F)C(=O)O. The molecule has 0 saturated carbocycles. The lowest BCUT2D eigenvalue weighted by atomic mass is 9.85. The molecule has 0 amide bonds. The van der Waals surface area contributed by atoms with Crippen LogP contribution in [0.1, 0.15) is 19.4 Å². The van der Waals surface area contributed by atoms with Gasteiger partial charge < -0.3 is 5.11 Å². The molecule has 0 saturated heterocycles. The summed E-state index contributed by atoms with van der Waals surface area (Å²) >= 11 is 5.18. The summed E-state index contributed by atoms with van der Waals surface area (Å²) in [7, 11) is 0. The Hall–Kier alpha value is -1.23. The van der Waals surface area contributed by atoms with Crippen LogP contribution in [0.25, 0.3) is 0 Å². The van der Waals surface area contributed by atoms with Crippen molar-refractivity contribution in [2.45, 2.75) is 20.3 Å². The van der Waals surface area contributed by atoms with Gasteiger partial charge in [0, 0.05) is 0 Å². The molecule has 0 aliphatic carbocycles. The van der Waals surface area contributed by atoms with Gasteiger partial charge in [-0.25, -0.2) is 13.2 Å². The average molecular weight is 267 g/mol. The minimum atomic E-state index is -1.50. The van der Waals surface area contributed by atoms with Crippen LogP contribution in [0.4, 0.5) is 13.2 Å². The molecule has 0 spiro atoms. The summed E-state index contributed by atoms with van der Waals surface area (Å²) in [6.07, 6.45) is -0.334. The van der Waals surface area contributed by atoms with Gasteiger partial charge in [-0.05, 0) is 31.9 Å². The molecule has 0 unspecified atom stereocenters. The minimum absolute atomic E-state index is 0.334. The lowest BCUT2D eigenvalue weighted by Gasteiger charge is -2.19. The van der Waals surface area contributed by atoms with Gasteiger partial charge in [-0.2, -0.15) is 0 Å². The lowest BCUT2D eigenvalue weighted by Crippen LogP contribution is -2.27. The summed E-state index contributed by atoms with van der Waals surface area (Å²) < 4.78 is 39.7. The van der Waals surface area contributed by atoms with Crippen molar-refractivity contribution in [2.24, 2.45) is 5.41 Å². The molecule has 0 aliphatic heterocycles. The monoisotopic (exact) mass is 266 g/mol. The second-order valence-electron chi connectivity index (χ2n) is 4.33. The van der Waals surface area contributed by atoms with E-state index in [4.69, 9.17) is 16.7 Å². The van der Waals surface area contributed by atoms with Crippen molar-refractivity contribution in [3.05, 3.63) is 34.1 Å². The van der Waals surface area contributed by atoms with E-state index in [1.54, 1.807) is 0 Å². The number of carbonyl (C=O) groups is 1. The van der Waals surface area contributed by atoms with Crippen molar-refractivity contribution in [2.75, 3.05) is 0 Å². The first kappa shape index (κ1) is 13.8. The maximum Gasteiger partial charge on any atom is 0.309 e. The van der Waals surface area contributed by atoms with Crippen molar-refractivity contribution in [1.82, 2.24) is 0 Å². The Morgan fingerprint density at radius 3 is 2.35 bits per heavy atom. The predicted octanol–water partition coefficient (Wildman–Crippen LogP) is 3.41. The first-order chi connectivity index (χ1) is 7.66. The molecule has 0 aliphatic rings. The van der Waals surface area contributed by atoms with Crippen molar-refractivity contribution in [3.8, 4) is 0 Å². The topological polar surface area (TPSA) is 37.3 Å². The van der Waals surface area contributed by atoms with E-state index in [0.717, 1.165) is 0 Å². The van der Waals surface area contributed by atoms with Crippen molar-refractivity contribution in [1.29, 1.82) is 0 Å². The molecule has 1 aromatic rings. The highest BCUT2D eigenvalue weighted by molar-refractivity contribution is 6.30. The molecule has 17 heavy (non-hydrogen) atoms. The highest BCUT2D eigenvalue weighted by atomic mass is 35.5. The molecule has 6 heteroatoms. The quantitative estimate of drug-likeness (QED) is 0.672. The van der Waals surface area contributed by atoms with Crippen LogP contribution in [0.15, 0.2) is 6.07 Å². The number of benzene rings is 1. The maximum absolute atomic E-state index is 13.4. The zero-order chi connectivity index (χ0) is 13.4. The van der Waals surface area contributed by atoms with E-state index in [2.05, 4.69) is 0 Å². The van der Waals surface area contributed by atoms with Gasteiger partial charge in [0.05, 0.1) is 5.41 Å². The van der Waals surface area contributed by atoms with Crippen molar-refractivity contribution in [3.63, 3.8) is 0 Å². The third kappa shape index (κ3) is 2.72. The standard InChI is InChI=1S/C11H10ClF3O2/c1-11(2,10(16)17)4-5-3-6(13)7(12)9(15)8(5)14/h3H,4H2,1-2H3,(H,16,17). The van der Waals surface area contributed by atoms with Crippen molar-refractivity contribution < 1.29 is 23.1 Å². The largest absolute Gasteiger partial charge is 0.481 e. The van der Waals surface area contributed by atoms with Crippen LogP contribution in [-0.4, -0.2) is 11.1 Å². The number of carboxylic acid groups (broad SMARTS) is 1. The maximum atomic E-state index is 13.4. The Morgan fingerprint density at radius 2 is 1.88 bits per heavy atom. The fourth-order valence-corrected chi connectivity index (χ4v) is 1.44. The molecular weight excluding hydrogens is 257 g/mol. The molecule has 1 aromatic carbocycles. The lowest BCUT2D eigenvalue weighted by molar-refractivity contribution is -0.146. The van der Waals surface area contributed by atoms with E-state index < -0.39 is 33.9 Å². The van der Waals surface area contributed by atoms with Gasteiger partial charge >= 0.3 is 5.97 Å². The molecule has 0 aromatic heterocycles. The van der Waals surface area contributed by atoms with Gasteiger partial charge in [-0.15, -0.1) is 0 Å². The number of hydrogen-bond donors (Lipinski definition) is 1. The molecule has 2 nitrogen and oxygen atoms in total. The summed E-state index contributed by atoms with van der Waals surface area (Å²) in [6, 6.07) is 0.714. The van der Waals surface area contributed by atoms with Gasteiger partial charge in [0.15, 0.2) is 11.6 Å². The molecule has 1 N–H and O–H groups in total. The Balaban J connectivity index is 3.21. The summed E-state index contributed by atoms with van der Waals surface area (Å²) in [6.45, 7) is 2.67. The van der Waals surface area contributed by atoms with E-state index in [1.807, 2.05) is 0 Å². The Kier molecular flexibility index (Phi) is 3.71. The number of halogens is 4. The Bertz CT molecular complexity index is 472. The number of hydrogen-bond acceptors (Lipinski definition) is 1. The number of rotatable bonds is 3. The van der Waals surface area contributed by atoms with Gasteiger partial charge in [0.2, 0.25) is 0 Å². The van der Waals surface area contributed by atoms with Crippen molar-refractivity contribution >= 4 is 17.6 Å². The summed E-state index contributed by atoms with van der Waals surface area (Å²) in [5, 5.41) is 7.92. The van der Waals surface area contributed by atoms with Crippen LogP contribution in [0.2, 0.25) is 5.02 Å². The first-order valence-corrected chi connectivity index (χ1v) is 5.10. The van der Waals surface area contributed by atoms with Crippen LogP contribution in [0.5, 0.6) is 0 Å². The summed E-state index contributed by atoms with van der Waals surface area (Å²) in [5.74, 6) is -5.11. The zero-order valence-corrected chi connectivity index (χ0v) is 9.91. The summed E-state index contributed by atoms with van der Waals surface area (Å²) in [5.41, 5.74) is -1.68. The van der Waals surface area contributed by atoms with Crippen LogP contribution in [0, 0.1) is 22.9 Å². The molecule has 1 rings (SSSR count). The van der Waals surface area contributed by atoms with Crippen LogP contribution < -0.4 is 0 Å². The van der Waals surface area contributed by atoms with Crippen LogP contribution in [0.3, 0.4) is 0 Å². The molecule has 94 valence electrons. The molecule has 0 heterocycles. The molecular formula is C11H10ClF3O2. The van der Waals surface area contributed by atoms with E-state index >= 15 is 0 Å². The summed E-state index contributed by atoms with van der Waals surface area (Å²) in [4.78, 5) is 10.8. The molecule has 0 radical (unpaired) electrons.